The van der Waals surface area contributed by atoms with Crippen LogP contribution in [-0.2, 0) is 11.2 Å². The SMILES string of the molecule is Nc1nccnc1C(=O)N1CCC(C(=O)NCCc2ccccc2F)CC1. The second-order valence-corrected chi connectivity index (χ2v) is 6.49. The number of hydrogen-bond donors (Lipinski definition) is 2. The lowest BCUT2D eigenvalue weighted by molar-refractivity contribution is -0.126. The molecule has 1 saturated heterocycles. The maximum Gasteiger partial charge on any atom is 0.276 e. The Balaban J connectivity index is 1.46. The molecule has 0 radical (unpaired) electrons. The van der Waals surface area contributed by atoms with E-state index in [1.165, 1.54) is 18.5 Å². The van der Waals surface area contributed by atoms with Crippen LogP contribution in [0.15, 0.2) is 36.7 Å². The molecule has 2 amide bonds. The minimum atomic E-state index is -0.265. The van der Waals surface area contributed by atoms with E-state index >= 15 is 0 Å². The molecule has 3 N–H and O–H groups in total. The number of nitrogens with zero attached hydrogens (tertiary/aromatic N) is 3. The normalized spacial score (nSPS) is 14.8. The van der Waals surface area contributed by atoms with Crippen LogP contribution in [0.25, 0.3) is 0 Å². The topological polar surface area (TPSA) is 101 Å². The number of aromatic nitrogens is 2. The monoisotopic (exact) mass is 371 g/mol. The molecular formula is C19H22FN5O2. The van der Waals surface area contributed by atoms with Crippen molar-refractivity contribution in [2.24, 2.45) is 5.92 Å². The van der Waals surface area contributed by atoms with Crippen molar-refractivity contribution in [3.05, 3.63) is 53.7 Å². The zero-order valence-electron chi connectivity index (χ0n) is 14.9. The molecule has 7 nitrogen and oxygen atoms in total. The van der Waals surface area contributed by atoms with Crippen molar-refractivity contribution in [2.45, 2.75) is 19.3 Å². The number of carbonyl (C=O) groups excluding carboxylic acids is 2. The summed E-state index contributed by atoms with van der Waals surface area (Å²) in [6.45, 7) is 1.30. The fraction of sp³-hybridized carbons (Fsp3) is 0.368. The molecule has 0 aliphatic carbocycles. The van der Waals surface area contributed by atoms with Crippen LogP contribution in [0.4, 0.5) is 10.2 Å². The average molecular weight is 371 g/mol. The van der Waals surface area contributed by atoms with Crippen LogP contribution in [0.1, 0.15) is 28.9 Å². The molecule has 1 aromatic heterocycles. The Morgan fingerprint density at radius 1 is 1.19 bits per heavy atom. The molecule has 142 valence electrons. The van der Waals surface area contributed by atoms with Gasteiger partial charge in [-0.2, -0.15) is 0 Å². The number of rotatable bonds is 5. The molecule has 0 spiro atoms. The summed E-state index contributed by atoms with van der Waals surface area (Å²) in [5, 5.41) is 2.86. The highest BCUT2D eigenvalue weighted by Gasteiger charge is 2.29. The van der Waals surface area contributed by atoms with E-state index in [1.807, 2.05) is 0 Å². The Bertz CT molecular complexity index is 821. The van der Waals surface area contributed by atoms with E-state index in [1.54, 1.807) is 23.1 Å². The molecule has 1 fully saturated rings. The van der Waals surface area contributed by atoms with Crippen molar-refractivity contribution in [1.29, 1.82) is 0 Å². The maximum atomic E-state index is 13.6. The van der Waals surface area contributed by atoms with Gasteiger partial charge in [0.15, 0.2) is 11.5 Å². The first-order chi connectivity index (χ1) is 13.1. The molecule has 1 aliphatic heterocycles. The smallest absolute Gasteiger partial charge is 0.276 e. The molecular weight excluding hydrogens is 349 g/mol. The number of nitrogens with one attached hydrogen (secondary N) is 1. The van der Waals surface area contributed by atoms with Crippen molar-refractivity contribution in [3.8, 4) is 0 Å². The summed E-state index contributed by atoms with van der Waals surface area (Å²) in [7, 11) is 0. The predicted molar refractivity (Wildman–Crippen MR) is 98.2 cm³/mol. The molecule has 0 saturated carbocycles. The third kappa shape index (κ3) is 4.58. The fourth-order valence-corrected chi connectivity index (χ4v) is 3.17. The minimum Gasteiger partial charge on any atom is -0.382 e. The van der Waals surface area contributed by atoms with Gasteiger partial charge in [-0.15, -0.1) is 0 Å². The zero-order chi connectivity index (χ0) is 19.2. The van der Waals surface area contributed by atoms with Crippen LogP contribution < -0.4 is 11.1 Å². The third-order valence-electron chi connectivity index (χ3n) is 4.73. The van der Waals surface area contributed by atoms with Crippen LogP contribution in [0.3, 0.4) is 0 Å². The number of amides is 2. The van der Waals surface area contributed by atoms with Crippen LogP contribution in [0.5, 0.6) is 0 Å². The number of anilines is 1. The van der Waals surface area contributed by atoms with Crippen LogP contribution in [-0.4, -0.2) is 46.3 Å². The van der Waals surface area contributed by atoms with Crippen molar-refractivity contribution >= 4 is 17.6 Å². The van der Waals surface area contributed by atoms with E-state index < -0.39 is 0 Å². The highest BCUT2D eigenvalue weighted by Crippen LogP contribution is 2.20. The quantitative estimate of drug-likeness (QED) is 0.828. The lowest BCUT2D eigenvalue weighted by Crippen LogP contribution is -2.43. The van der Waals surface area contributed by atoms with Gasteiger partial charge in [0.1, 0.15) is 5.82 Å². The number of nitrogens with two attached hydrogens (primary N) is 1. The van der Waals surface area contributed by atoms with Crippen molar-refractivity contribution in [3.63, 3.8) is 0 Å². The van der Waals surface area contributed by atoms with Gasteiger partial charge >= 0.3 is 0 Å². The van der Waals surface area contributed by atoms with Gasteiger partial charge in [0, 0.05) is 37.9 Å². The van der Waals surface area contributed by atoms with Gasteiger partial charge in [0.25, 0.3) is 5.91 Å². The Morgan fingerprint density at radius 2 is 1.89 bits per heavy atom. The molecule has 3 rings (SSSR count). The third-order valence-corrected chi connectivity index (χ3v) is 4.73. The second-order valence-electron chi connectivity index (χ2n) is 6.49. The van der Waals surface area contributed by atoms with E-state index in [-0.39, 0.29) is 35.1 Å². The summed E-state index contributed by atoms with van der Waals surface area (Å²) in [4.78, 5) is 34.3. The van der Waals surface area contributed by atoms with Crippen LogP contribution in [0.2, 0.25) is 0 Å². The Hall–Kier alpha value is -3.03. The van der Waals surface area contributed by atoms with Crippen molar-refractivity contribution < 1.29 is 14.0 Å². The Morgan fingerprint density at radius 3 is 2.59 bits per heavy atom. The van der Waals surface area contributed by atoms with Gasteiger partial charge in [0.2, 0.25) is 5.91 Å². The highest BCUT2D eigenvalue weighted by atomic mass is 19.1. The van der Waals surface area contributed by atoms with Gasteiger partial charge in [-0.25, -0.2) is 14.4 Å². The van der Waals surface area contributed by atoms with Gasteiger partial charge in [-0.05, 0) is 30.9 Å². The molecule has 0 bridgehead atoms. The molecule has 0 atom stereocenters. The number of halogens is 1. The minimum absolute atomic E-state index is 0.0579. The summed E-state index contributed by atoms with van der Waals surface area (Å²) in [5.41, 5.74) is 6.43. The van der Waals surface area contributed by atoms with E-state index in [0.29, 0.717) is 44.5 Å². The van der Waals surface area contributed by atoms with E-state index in [9.17, 15) is 14.0 Å². The van der Waals surface area contributed by atoms with E-state index in [0.717, 1.165) is 0 Å². The first kappa shape index (κ1) is 18.8. The molecule has 8 heteroatoms. The molecule has 2 aromatic rings. The Kier molecular flexibility index (Phi) is 5.95. The van der Waals surface area contributed by atoms with Crippen molar-refractivity contribution in [1.82, 2.24) is 20.2 Å². The number of piperidine rings is 1. The second kappa shape index (κ2) is 8.57. The zero-order valence-corrected chi connectivity index (χ0v) is 14.9. The number of likely N-dealkylation sites (tertiary alicyclic amines) is 1. The first-order valence-electron chi connectivity index (χ1n) is 8.93. The predicted octanol–water partition coefficient (Wildman–Crippen LogP) is 1.41. The van der Waals surface area contributed by atoms with Gasteiger partial charge in [0.05, 0.1) is 0 Å². The molecule has 1 aromatic carbocycles. The molecule has 27 heavy (non-hydrogen) atoms. The van der Waals surface area contributed by atoms with Gasteiger partial charge in [-0.3, -0.25) is 9.59 Å². The summed E-state index contributed by atoms with van der Waals surface area (Å²) in [5.74, 6) is -0.636. The first-order valence-corrected chi connectivity index (χ1v) is 8.93. The van der Waals surface area contributed by atoms with Crippen molar-refractivity contribution in [2.75, 3.05) is 25.4 Å². The Labute approximate surface area is 156 Å². The maximum absolute atomic E-state index is 13.6. The summed E-state index contributed by atoms with van der Waals surface area (Å²) in [6.07, 6.45) is 4.44. The standard InChI is InChI=1S/C19H22FN5O2/c20-15-4-2-1-3-13(15)5-8-24-18(26)14-6-11-25(12-7-14)19(27)16-17(21)23-10-9-22-16/h1-4,9-10,14H,5-8,11-12H2,(H2,21,23)(H,24,26). The van der Waals surface area contributed by atoms with E-state index in [4.69, 9.17) is 5.73 Å². The summed E-state index contributed by atoms with van der Waals surface area (Å²) >= 11 is 0. The van der Waals surface area contributed by atoms with Crippen LogP contribution >= 0.6 is 0 Å². The molecule has 2 heterocycles. The lowest BCUT2D eigenvalue weighted by atomic mass is 9.95. The summed E-state index contributed by atoms with van der Waals surface area (Å²) < 4.78 is 13.6. The number of benzene rings is 1. The molecule has 1 aliphatic rings. The lowest BCUT2D eigenvalue weighted by Gasteiger charge is -2.31. The van der Waals surface area contributed by atoms with Crippen LogP contribution in [0, 0.1) is 11.7 Å². The van der Waals surface area contributed by atoms with Gasteiger partial charge in [-0.1, -0.05) is 18.2 Å². The molecule has 0 unspecified atom stereocenters. The highest BCUT2D eigenvalue weighted by molar-refractivity contribution is 5.96. The largest absolute Gasteiger partial charge is 0.382 e. The van der Waals surface area contributed by atoms with E-state index in [2.05, 4.69) is 15.3 Å². The van der Waals surface area contributed by atoms with Gasteiger partial charge < -0.3 is 16.0 Å². The summed E-state index contributed by atoms with van der Waals surface area (Å²) in [6, 6.07) is 6.54. The average Bonchev–Trinajstić information content (AvgIpc) is 2.69. The number of nitrogen functional groups attached to an aromatic ring is 1. The number of carbonyl (C=O) groups is 2. The fourth-order valence-electron chi connectivity index (χ4n) is 3.17. The number of hydrogen-bond acceptors (Lipinski definition) is 5.